The molecule has 10 nitrogen and oxygen atoms in total. The predicted molar refractivity (Wildman–Crippen MR) is 157 cm³/mol. The molecule has 210 valence electrons. The maximum atomic E-state index is 13.7. The fourth-order valence-electron chi connectivity index (χ4n) is 5.54. The molecule has 1 fully saturated rings. The van der Waals surface area contributed by atoms with E-state index in [1.54, 1.807) is 35.8 Å². The van der Waals surface area contributed by atoms with Crippen molar-refractivity contribution in [2.45, 2.75) is 38.1 Å². The summed E-state index contributed by atoms with van der Waals surface area (Å²) in [5.74, 6) is 1.58. The summed E-state index contributed by atoms with van der Waals surface area (Å²) in [6, 6.07) is 13.0. The van der Waals surface area contributed by atoms with Gasteiger partial charge in [-0.1, -0.05) is 26.0 Å². The SMILES string of the molecule is COc1cc2c(cc1Nc1nc(Nc3ccccc3S(=O)(=O)N3CCC(C)(C)C3)c3cc[nH]c3n1)CN(C)CC2. The molecule has 40 heavy (non-hydrogen) atoms. The van der Waals surface area contributed by atoms with E-state index in [0.717, 1.165) is 42.8 Å². The van der Waals surface area contributed by atoms with Gasteiger partial charge in [-0.3, -0.25) is 0 Å². The first-order chi connectivity index (χ1) is 19.1. The van der Waals surface area contributed by atoms with Crippen LogP contribution in [0.25, 0.3) is 11.0 Å². The van der Waals surface area contributed by atoms with Crippen LogP contribution in [-0.2, 0) is 23.0 Å². The Morgan fingerprint density at radius 2 is 1.85 bits per heavy atom. The molecule has 0 bridgehead atoms. The second kappa shape index (κ2) is 10.1. The van der Waals surface area contributed by atoms with Crippen LogP contribution >= 0.6 is 0 Å². The van der Waals surface area contributed by atoms with Crippen LogP contribution in [0.2, 0.25) is 0 Å². The van der Waals surface area contributed by atoms with Crippen molar-refractivity contribution in [2.24, 2.45) is 5.41 Å². The molecule has 0 spiro atoms. The Hall–Kier alpha value is -3.67. The van der Waals surface area contributed by atoms with E-state index in [1.165, 1.54) is 11.1 Å². The Kier molecular flexibility index (Phi) is 6.68. The van der Waals surface area contributed by atoms with Gasteiger partial charge in [-0.2, -0.15) is 14.3 Å². The second-order valence-corrected chi connectivity index (χ2v) is 13.4. The number of ether oxygens (including phenoxy) is 1. The molecule has 1 saturated heterocycles. The van der Waals surface area contributed by atoms with Gasteiger partial charge in [0.2, 0.25) is 16.0 Å². The van der Waals surface area contributed by atoms with E-state index in [2.05, 4.69) is 58.5 Å². The molecule has 2 aliphatic rings. The molecule has 6 rings (SSSR count). The van der Waals surface area contributed by atoms with Gasteiger partial charge in [-0.15, -0.1) is 0 Å². The van der Waals surface area contributed by atoms with Crippen molar-refractivity contribution in [1.82, 2.24) is 24.2 Å². The number of hydrogen-bond donors (Lipinski definition) is 3. The van der Waals surface area contributed by atoms with Crippen LogP contribution in [0.1, 0.15) is 31.4 Å². The number of para-hydroxylation sites is 1. The number of aromatic amines is 1. The van der Waals surface area contributed by atoms with E-state index < -0.39 is 10.0 Å². The van der Waals surface area contributed by atoms with Crippen LogP contribution in [0.4, 0.5) is 23.1 Å². The summed E-state index contributed by atoms with van der Waals surface area (Å²) < 4.78 is 34.6. The monoisotopic (exact) mass is 561 g/mol. The number of fused-ring (bicyclic) bond motifs is 2. The molecule has 2 aromatic heterocycles. The molecule has 2 aromatic carbocycles. The Labute approximate surface area is 234 Å². The third kappa shape index (κ3) is 5.00. The molecule has 0 unspecified atom stereocenters. The highest BCUT2D eigenvalue weighted by Gasteiger charge is 2.37. The highest BCUT2D eigenvalue weighted by molar-refractivity contribution is 7.89. The first-order valence-electron chi connectivity index (χ1n) is 13.5. The molecule has 0 saturated carbocycles. The number of likely N-dealkylation sites (N-methyl/N-ethyl adjacent to an activating group) is 1. The maximum absolute atomic E-state index is 13.7. The maximum Gasteiger partial charge on any atom is 0.245 e. The molecular weight excluding hydrogens is 526 g/mol. The predicted octanol–water partition coefficient (Wildman–Crippen LogP) is 4.86. The number of benzene rings is 2. The summed E-state index contributed by atoms with van der Waals surface area (Å²) in [5.41, 5.74) is 4.33. The lowest BCUT2D eigenvalue weighted by atomic mass is 9.93. The lowest BCUT2D eigenvalue weighted by Gasteiger charge is -2.26. The van der Waals surface area contributed by atoms with Gasteiger partial charge in [0.1, 0.15) is 22.1 Å². The first-order valence-corrected chi connectivity index (χ1v) is 14.9. The van der Waals surface area contributed by atoms with Crippen molar-refractivity contribution in [1.29, 1.82) is 0 Å². The summed E-state index contributed by atoms with van der Waals surface area (Å²) >= 11 is 0. The van der Waals surface area contributed by atoms with Crippen LogP contribution in [-0.4, -0.2) is 66.4 Å². The lowest BCUT2D eigenvalue weighted by Crippen LogP contribution is -2.30. The van der Waals surface area contributed by atoms with Gasteiger partial charge < -0.3 is 25.3 Å². The van der Waals surface area contributed by atoms with Crippen LogP contribution < -0.4 is 15.4 Å². The molecule has 11 heteroatoms. The van der Waals surface area contributed by atoms with Crippen LogP contribution in [0, 0.1) is 5.41 Å². The number of anilines is 4. The van der Waals surface area contributed by atoms with Crippen molar-refractivity contribution in [3.05, 3.63) is 59.8 Å². The summed E-state index contributed by atoms with van der Waals surface area (Å²) in [5, 5.41) is 7.40. The zero-order valence-corrected chi connectivity index (χ0v) is 24.1. The Balaban J connectivity index is 1.35. The number of H-pyrrole nitrogens is 1. The molecule has 0 radical (unpaired) electrons. The van der Waals surface area contributed by atoms with Gasteiger partial charge in [-0.05, 0) is 66.8 Å². The van der Waals surface area contributed by atoms with E-state index in [9.17, 15) is 8.42 Å². The first kappa shape index (κ1) is 26.5. The fourth-order valence-corrected chi connectivity index (χ4v) is 7.31. The van der Waals surface area contributed by atoms with Gasteiger partial charge in [0.25, 0.3) is 0 Å². The van der Waals surface area contributed by atoms with Crippen molar-refractivity contribution < 1.29 is 13.2 Å². The Bertz CT molecular complexity index is 1680. The van der Waals surface area contributed by atoms with E-state index in [-0.39, 0.29) is 10.3 Å². The quantitative estimate of drug-likeness (QED) is 0.293. The highest BCUT2D eigenvalue weighted by atomic mass is 32.2. The van der Waals surface area contributed by atoms with Crippen LogP contribution in [0.3, 0.4) is 0 Å². The van der Waals surface area contributed by atoms with Gasteiger partial charge >= 0.3 is 0 Å². The highest BCUT2D eigenvalue weighted by Crippen LogP contribution is 2.37. The van der Waals surface area contributed by atoms with Crippen molar-refractivity contribution in [2.75, 3.05) is 44.4 Å². The summed E-state index contributed by atoms with van der Waals surface area (Å²) in [7, 11) is 0.0718. The largest absolute Gasteiger partial charge is 0.495 e. The smallest absolute Gasteiger partial charge is 0.245 e. The molecule has 3 N–H and O–H groups in total. The third-order valence-electron chi connectivity index (χ3n) is 7.79. The van der Waals surface area contributed by atoms with Crippen LogP contribution in [0.15, 0.2) is 53.6 Å². The number of nitrogens with zero attached hydrogens (tertiary/aromatic N) is 4. The minimum atomic E-state index is -3.70. The summed E-state index contributed by atoms with van der Waals surface area (Å²) in [6.07, 6.45) is 3.59. The normalized spacial score (nSPS) is 17.6. The minimum absolute atomic E-state index is 0.0485. The van der Waals surface area contributed by atoms with Gasteiger partial charge in [0, 0.05) is 32.4 Å². The van der Waals surface area contributed by atoms with Crippen molar-refractivity contribution >= 4 is 44.2 Å². The van der Waals surface area contributed by atoms with E-state index in [0.29, 0.717) is 36.2 Å². The fraction of sp³-hybridized carbons (Fsp3) is 0.379. The topological polar surface area (TPSA) is 115 Å². The molecular formula is C29H35N7O3S. The molecule has 2 aliphatic heterocycles. The summed E-state index contributed by atoms with van der Waals surface area (Å²) in [6.45, 7) is 7.06. The van der Waals surface area contributed by atoms with E-state index in [1.807, 2.05) is 12.1 Å². The number of rotatable bonds is 7. The number of hydrogen-bond acceptors (Lipinski definition) is 8. The van der Waals surface area contributed by atoms with E-state index in [4.69, 9.17) is 9.72 Å². The van der Waals surface area contributed by atoms with Gasteiger partial charge in [0.05, 0.1) is 23.9 Å². The third-order valence-corrected chi connectivity index (χ3v) is 9.69. The molecule has 4 aromatic rings. The number of nitrogens with one attached hydrogen (secondary N) is 3. The molecule has 0 amide bonds. The number of methoxy groups -OCH3 is 1. The molecule has 4 heterocycles. The minimum Gasteiger partial charge on any atom is -0.495 e. The standard InChI is InChI=1S/C29H35N7O3S/c1-29(2)11-14-36(18-29)40(37,38)25-8-6-5-7-22(25)31-27-21-9-12-30-26(21)33-28(34-27)32-23-15-20-17-35(3)13-10-19(20)16-24(23)39-4/h5-9,12,15-16H,10-11,13-14,17-18H2,1-4H3,(H3,30,31,32,33,34). The lowest BCUT2D eigenvalue weighted by molar-refractivity contribution is 0.312. The van der Waals surface area contributed by atoms with E-state index >= 15 is 0 Å². The van der Waals surface area contributed by atoms with Gasteiger partial charge in [0.15, 0.2) is 0 Å². The average molecular weight is 562 g/mol. The second-order valence-electron chi connectivity index (χ2n) is 11.4. The summed E-state index contributed by atoms with van der Waals surface area (Å²) in [4.78, 5) is 15.1. The average Bonchev–Trinajstić information content (AvgIpc) is 3.55. The van der Waals surface area contributed by atoms with Crippen molar-refractivity contribution in [3.63, 3.8) is 0 Å². The molecule has 0 atom stereocenters. The van der Waals surface area contributed by atoms with Crippen LogP contribution in [0.5, 0.6) is 5.75 Å². The Morgan fingerprint density at radius 1 is 1.02 bits per heavy atom. The number of aromatic nitrogens is 3. The molecule has 0 aliphatic carbocycles. The van der Waals surface area contributed by atoms with Crippen molar-refractivity contribution in [3.8, 4) is 5.75 Å². The number of sulfonamides is 1. The Morgan fingerprint density at radius 3 is 2.62 bits per heavy atom. The van der Waals surface area contributed by atoms with Gasteiger partial charge in [-0.25, -0.2) is 8.42 Å². The zero-order valence-electron chi connectivity index (χ0n) is 23.3. The zero-order chi connectivity index (χ0) is 28.1.